The van der Waals surface area contributed by atoms with Gasteiger partial charge in [-0.15, -0.1) is 11.3 Å². The van der Waals surface area contributed by atoms with E-state index >= 15 is 0 Å². The number of benzene rings is 1. The molecule has 0 atom stereocenters. The van der Waals surface area contributed by atoms with Crippen molar-refractivity contribution >= 4 is 44.7 Å². The van der Waals surface area contributed by atoms with Crippen molar-refractivity contribution < 1.29 is 0 Å². The van der Waals surface area contributed by atoms with Gasteiger partial charge in [-0.05, 0) is 31.5 Å². The molecule has 1 aliphatic heterocycles. The van der Waals surface area contributed by atoms with Crippen molar-refractivity contribution in [1.82, 2.24) is 9.97 Å². The molecule has 1 aromatic carbocycles. The molecule has 0 bridgehead atoms. The third-order valence-electron chi connectivity index (χ3n) is 4.72. The maximum atomic E-state index is 6.34. The molecular formula is C18H19ClN4S. The highest BCUT2D eigenvalue weighted by Crippen LogP contribution is 2.35. The average molecular weight is 359 g/mol. The Bertz CT molecular complexity index is 884. The second-order valence-electron chi connectivity index (χ2n) is 6.09. The van der Waals surface area contributed by atoms with E-state index in [-0.39, 0.29) is 0 Å². The minimum Gasteiger partial charge on any atom is -0.367 e. The van der Waals surface area contributed by atoms with E-state index in [0.29, 0.717) is 0 Å². The smallest absolute Gasteiger partial charge is 0.141 e. The maximum Gasteiger partial charge on any atom is 0.141 e. The van der Waals surface area contributed by atoms with E-state index < -0.39 is 0 Å². The van der Waals surface area contributed by atoms with Crippen molar-refractivity contribution in [1.29, 1.82) is 0 Å². The number of thiophene rings is 1. The number of halogens is 1. The third kappa shape index (κ3) is 2.62. The first-order valence-electron chi connectivity index (χ1n) is 8.10. The molecule has 0 saturated carbocycles. The molecule has 0 amide bonds. The molecule has 1 aliphatic rings. The normalized spacial score (nSPS) is 15.3. The van der Waals surface area contributed by atoms with Gasteiger partial charge >= 0.3 is 0 Å². The second-order valence-corrected chi connectivity index (χ2v) is 7.70. The highest BCUT2D eigenvalue weighted by Gasteiger charge is 2.23. The molecule has 4 nitrogen and oxygen atoms in total. The van der Waals surface area contributed by atoms with E-state index in [9.17, 15) is 0 Å². The number of para-hydroxylation sites is 1. The van der Waals surface area contributed by atoms with Crippen molar-refractivity contribution in [3.05, 3.63) is 46.1 Å². The van der Waals surface area contributed by atoms with Crippen LogP contribution in [0.1, 0.15) is 10.4 Å². The van der Waals surface area contributed by atoms with Gasteiger partial charge in [0.05, 0.1) is 16.1 Å². The molecule has 3 aromatic rings. The van der Waals surface area contributed by atoms with Crippen molar-refractivity contribution in [2.75, 3.05) is 36.0 Å². The minimum absolute atomic E-state index is 0.819. The summed E-state index contributed by atoms with van der Waals surface area (Å²) in [6, 6.07) is 8.06. The number of aryl methyl sites for hydroxylation is 2. The van der Waals surface area contributed by atoms with Gasteiger partial charge in [-0.2, -0.15) is 0 Å². The molecule has 0 aliphatic carbocycles. The predicted octanol–water partition coefficient (Wildman–Crippen LogP) is 4.29. The summed E-state index contributed by atoms with van der Waals surface area (Å²) in [5.41, 5.74) is 2.42. The topological polar surface area (TPSA) is 32.3 Å². The van der Waals surface area contributed by atoms with Gasteiger partial charge in [0.1, 0.15) is 17.0 Å². The first-order chi connectivity index (χ1) is 11.6. The van der Waals surface area contributed by atoms with Gasteiger partial charge in [0.15, 0.2) is 0 Å². The quantitative estimate of drug-likeness (QED) is 0.684. The summed E-state index contributed by atoms with van der Waals surface area (Å²) in [5, 5.41) is 2.03. The van der Waals surface area contributed by atoms with Gasteiger partial charge in [0.25, 0.3) is 0 Å². The van der Waals surface area contributed by atoms with Gasteiger partial charge in [-0.1, -0.05) is 23.7 Å². The highest BCUT2D eigenvalue weighted by atomic mass is 35.5. The summed E-state index contributed by atoms with van der Waals surface area (Å²) >= 11 is 8.09. The lowest BCUT2D eigenvalue weighted by Gasteiger charge is -2.37. The number of fused-ring (bicyclic) bond motifs is 1. The first kappa shape index (κ1) is 15.7. The monoisotopic (exact) mass is 358 g/mol. The summed E-state index contributed by atoms with van der Waals surface area (Å²) in [6.45, 7) is 8.08. The molecule has 3 heterocycles. The van der Waals surface area contributed by atoms with Crippen molar-refractivity contribution in [2.45, 2.75) is 13.8 Å². The fraction of sp³-hybridized carbons (Fsp3) is 0.333. The SMILES string of the molecule is Cc1sc2ncnc(N3CCN(c4ccccc4Cl)CC3)c2c1C. The van der Waals surface area contributed by atoms with Gasteiger partial charge in [0, 0.05) is 31.1 Å². The largest absolute Gasteiger partial charge is 0.367 e. The van der Waals surface area contributed by atoms with Gasteiger partial charge in [-0.25, -0.2) is 9.97 Å². The van der Waals surface area contributed by atoms with E-state index in [1.54, 1.807) is 17.7 Å². The molecule has 1 saturated heterocycles. The molecule has 124 valence electrons. The van der Waals surface area contributed by atoms with E-state index in [4.69, 9.17) is 11.6 Å². The second kappa shape index (κ2) is 6.22. The van der Waals surface area contributed by atoms with E-state index in [2.05, 4.69) is 39.7 Å². The van der Waals surface area contributed by atoms with Crippen LogP contribution < -0.4 is 9.80 Å². The van der Waals surface area contributed by atoms with Crippen LogP contribution >= 0.6 is 22.9 Å². The lowest BCUT2D eigenvalue weighted by atomic mass is 10.2. The van der Waals surface area contributed by atoms with Crippen molar-refractivity contribution in [3.8, 4) is 0 Å². The van der Waals surface area contributed by atoms with Crippen LogP contribution in [0.25, 0.3) is 10.2 Å². The number of hydrogen-bond acceptors (Lipinski definition) is 5. The number of hydrogen-bond donors (Lipinski definition) is 0. The lowest BCUT2D eigenvalue weighted by Crippen LogP contribution is -2.47. The number of piperazine rings is 1. The number of aromatic nitrogens is 2. The van der Waals surface area contributed by atoms with Crippen LogP contribution in [0.15, 0.2) is 30.6 Å². The summed E-state index contributed by atoms with van der Waals surface area (Å²) in [5.74, 6) is 1.07. The molecular weight excluding hydrogens is 340 g/mol. The van der Waals surface area contributed by atoms with Crippen LogP contribution in [0.2, 0.25) is 5.02 Å². The zero-order chi connectivity index (χ0) is 16.7. The average Bonchev–Trinajstić information content (AvgIpc) is 2.90. The zero-order valence-electron chi connectivity index (χ0n) is 13.8. The van der Waals surface area contributed by atoms with Crippen LogP contribution in [0.5, 0.6) is 0 Å². The number of anilines is 2. The fourth-order valence-corrected chi connectivity index (χ4v) is 4.52. The zero-order valence-corrected chi connectivity index (χ0v) is 15.4. The molecule has 4 rings (SSSR count). The minimum atomic E-state index is 0.819. The van der Waals surface area contributed by atoms with Crippen LogP contribution in [-0.4, -0.2) is 36.1 Å². The molecule has 0 N–H and O–H groups in total. The van der Waals surface area contributed by atoms with E-state index in [0.717, 1.165) is 47.5 Å². The number of rotatable bonds is 2. The summed E-state index contributed by atoms with van der Waals surface area (Å²) in [6.07, 6.45) is 1.69. The first-order valence-corrected chi connectivity index (χ1v) is 9.29. The Hall–Kier alpha value is -1.85. The van der Waals surface area contributed by atoms with Gasteiger partial charge in [-0.3, -0.25) is 0 Å². The molecule has 0 spiro atoms. The molecule has 0 radical (unpaired) electrons. The van der Waals surface area contributed by atoms with Crippen molar-refractivity contribution in [2.24, 2.45) is 0 Å². The van der Waals surface area contributed by atoms with E-state index in [1.807, 2.05) is 18.2 Å². The molecule has 0 unspecified atom stereocenters. The summed E-state index contributed by atoms with van der Waals surface area (Å²) < 4.78 is 0. The van der Waals surface area contributed by atoms with Gasteiger partial charge in [0.2, 0.25) is 0 Å². The molecule has 1 fully saturated rings. The van der Waals surface area contributed by atoms with Crippen LogP contribution in [-0.2, 0) is 0 Å². The highest BCUT2D eigenvalue weighted by molar-refractivity contribution is 7.18. The lowest BCUT2D eigenvalue weighted by molar-refractivity contribution is 0.649. The summed E-state index contributed by atoms with van der Waals surface area (Å²) in [4.78, 5) is 16.2. The third-order valence-corrected chi connectivity index (χ3v) is 6.15. The van der Waals surface area contributed by atoms with Crippen LogP contribution in [0.3, 0.4) is 0 Å². The Labute approximate surface area is 150 Å². The molecule has 2 aromatic heterocycles. The van der Waals surface area contributed by atoms with E-state index in [1.165, 1.54) is 15.8 Å². The Morgan fingerprint density at radius 1 is 1.00 bits per heavy atom. The Morgan fingerprint density at radius 2 is 1.71 bits per heavy atom. The standard InChI is InChI=1S/C18H19ClN4S/c1-12-13(2)24-18-16(12)17(20-11-21-18)23-9-7-22(8-10-23)15-6-4-3-5-14(15)19/h3-6,11H,7-10H2,1-2H3. The molecule has 6 heteroatoms. The van der Waals surface area contributed by atoms with Crippen molar-refractivity contribution in [3.63, 3.8) is 0 Å². The fourth-order valence-electron chi connectivity index (χ4n) is 3.27. The Morgan fingerprint density at radius 3 is 2.46 bits per heavy atom. The predicted molar refractivity (Wildman–Crippen MR) is 103 cm³/mol. The van der Waals surface area contributed by atoms with Gasteiger partial charge < -0.3 is 9.80 Å². The Kier molecular flexibility index (Phi) is 4.06. The number of nitrogens with zero attached hydrogens (tertiary/aromatic N) is 4. The van der Waals surface area contributed by atoms with Crippen LogP contribution in [0, 0.1) is 13.8 Å². The summed E-state index contributed by atoms with van der Waals surface area (Å²) in [7, 11) is 0. The Balaban J connectivity index is 1.60. The molecule has 24 heavy (non-hydrogen) atoms. The van der Waals surface area contributed by atoms with Crippen LogP contribution in [0.4, 0.5) is 11.5 Å². The maximum absolute atomic E-state index is 6.34.